The number of nitrogens with zero attached hydrogens (tertiary/aromatic N) is 2. The molecule has 0 unspecified atom stereocenters. The van der Waals surface area contributed by atoms with E-state index in [2.05, 4.69) is 20.6 Å². The SMILES string of the molecule is CCCC(=O)c1cccc(Nc2nc(Nc3cccc(OC)c3)ncc2C(F)(F)F)c1. The number of anilines is 4. The first-order valence-electron chi connectivity index (χ1n) is 9.55. The van der Waals surface area contributed by atoms with Crippen molar-refractivity contribution in [1.29, 1.82) is 0 Å². The third kappa shape index (κ3) is 5.71. The third-order valence-corrected chi connectivity index (χ3v) is 4.34. The molecule has 0 radical (unpaired) electrons. The zero-order valence-corrected chi connectivity index (χ0v) is 17.0. The van der Waals surface area contributed by atoms with Gasteiger partial charge >= 0.3 is 6.18 Å². The first kappa shape index (κ1) is 22.1. The minimum Gasteiger partial charge on any atom is -0.497 e. The van der Waals surface area contributed by atoms with Crippen molar-refractivity contribution in [3.63, 3.8) is 0 Å². The van der Waals surface area contributed by atoms with E-state index in [4.69, 9.17) is 4.74 Å². The summed E-state index contributed by atoms with van der Waals surface area (Å²) in [6.07, 6.45) is -2.91. The fourth-order valence-electron chi connectivity index (χ4n) is 2.85. The molecular weight excluding hydrogens is 409 g/mol. The number of Topliss-reactive ketones (excluding diaryl/α,β-unsaturated/α-hetero) is 1. The lowest BCUT2D eigenvalue weighted by Crippen LogP contribution is -2.13. The Morgan fingerprint density at radius 3 is 2.45 bits per heavy atom. The van der Waals surface area contributed by atoms with Gasteiger partial charge in [-0.25, -0.2) is 4.98 Å². The van der Waals surface area contributed by atoms with Crippen LogP contribution in [0.1, 0.15) is 35.7 Å². The summed E-state index contributed by atoms with van der Waals surface area (Å²) in [5.74, 6) is 0.0454. The molecule has 0 spiro atoms. The van der Waals surface area contributed by atoms with Gasteiger partial charge in [-0.1, -0.05) is 25.1 Å². The van der Waals surface area contributed by atoms with Crippen LogP contribution in [0, 0.1) is 0 Å². The number of aromatic nitrogens is 2. The largest absolute Gasteiger partial charge is 0.497 e. The Labute approximate surface area is 177 Å². The van der Waals surface area contributed by atoms with Gasteiger partial charge in [0.1, 0.15) is 17.1 Å². The predicted molar refractivity (Wildman–Crippen MR) is 112 cm³/mol. The number of carbonyl (C=O) groups is 1. The molecule has 0 atom stereocenters. The molecule has 0 aliphatic heterocycles. The van der Waals surface area contributed by atoms with Crippen LogP contribution in [0.3, 0.4) is 0 Å². The Morgan fingerprint density at radius 1 is 1.06 bits per heavy atom. The first-order chi connectivity index (χ1) is 14.8. The van der Waals surface area contributed by atoms with Crippen LogP contribution in [0.2, 0.25) is 0 Å². The summed E-state index contributed by atoms with van der Waals surface area (Å²) < 4.78 is 45.7. The van der Waals surface area contributed by atoms with E-state index in [1.54, 1.807) is 42.5 Å². The Hall–Kier alpha value is -3.62. The molecule has 1 aromatic heterocycles. The van der Waals surface area contributed by atoms with Crippen LogP contribution in [0.25, 0.3) is 0 Å². The van der Waals surface area contributed by atoms with Crippen molar-refractivity contribution in [1.82, 2.24) is 9.97 Å². The fraction of sp³-hybridized carbons (Fsp3) is 0.227. The van der Waals surface area contributed by atoms with Gasteiger partial charge in [0.05, 0.1) is 7.11 Å². The Balaban J connectivity index is 1.93. The quantitative estimate of drug-likeness (QED) is 0.429. The van der Waals surface area contributed by atoms with E-state index in [0.29, 0.717) is 41.7 Å². The van der Waals surface area contributed by atoms with E-state index in [9.17, 15) is 18.0 Å². The molecule has 1 heterocycles. The van der Waals surface area contributed by atoms with Gasteiger partial charge in [-0.05, 0) is 30.7 Å². The maximum absolute atomic E-state index is 13.5. The average molecular weight is 430 g/mol. The van der Waals surface area contributed by atoms with Crippen LogP contribution in [-0.2, 0) is 6.18 Å². The highest BCUT2D eigenvalue weighted by Crippen LogP contribution is 2.35. The lowest BCUT2D eigenvalue weighted by molar-refractivity contribution is -0.137. The van der Waals surface area contributed by atoms with Crippen LogP contribution >= 0.6 is 0 Å². The number of benzene rings is 2. The third-order valence-electron chi connectivity index (χ3n) is 4.34. The highest BCUT2D eigenvalue weighted by atomic mass is 19.4. The summed E-state index contributed by atoms with van der Waals surface area (Å²) in [4.78, 5) is 19.9. The standard InChI is InChI=1S/C22H21F3N4O2/c1-3-6-19(30)14-7-4-8-15(11-14)27-20-18(22(23,24)25)13-26-21(29-20)28-16-9-5-10-17(12-16)31-2/h4-5,7-13H,3,6H2,1-2H3,(H2,26,27,28,29). The van der Waals surface area contributed by atoms with E-state index < -0.39 is 17.6 Å². The number of hydrogen-bond acceptors (Lipinski definition) is 6. The number of alkyl halides is 3. The second-order valence-corrected chi connectivity index (χ2v) is 6.69. The summed E-state index contributed by atoms with van der Waals surface area (Å²) in [7, 11) is 1.51. The summed E-state index contributed by atoms with van der Waals surface area (Å²) >= 11 is 0. The molecular formula is C22H21F3N4O2. The van der Waals surface area contributed by atoms with Crippen LogP contribution in [0.15, 0.2) is 54.7 Å². The van der Waals surface area contributed by atoms with E-state index in [1.807, 2.05) is 6.92 Å². The van der Waals surface area contributed by atoms with Crippen molar-refractivity contribution in [2.24, 2.45) is 0 Å². The fourth-order valence-corrected chi connectivity index (χ4v) is 2.85. The van der Waals surface area contributed by atoms with Crippen molar-refractivity contribution in [2.45, 2.75) is 25.9 Å². The van der Waals surface area contributed by atoms with Gasteiger partial charge in [-0.3, -0.25) is 4.79 Å². The van der Waals surface area contributed by atoms with Gasteiger partial charge in [0, 0.05) is 35.6 Å². The molecule has 0 aliphatic rings. The van der Waals surface area contributed by atoms with E-state index in [0.717, 1.165) is 0 Å². The van der Waals surface area contributed by atoms with E-state index in [1.165, 1.54) is 13.2 Å². The second-order valence-electron chi connectivity index (χ2n) is 6.69. The van der Waals surface area contributed by atoms with Crippen molar-refractivity contribution in [3.05, 3.63) is 65.9 Å². The van der Waals surface area contributed by atoms with Crippen molar-refractivity contribution < 1.29 is 22.7 Å². The molecule has 0 aliphatic carbocycles. The monoisotopic (exact) mass is 430 g/mol. The van der Waals surface area contributed by atoms with Crippen molar-refractivity contribution in [2.75, 3.05) is 17.7 Å². The molecule has 2 N–H and O–H groups in total. The van der Waals surface area contributed by atoms with Crippen molar-refractivity contribution >= 4 is 28.9 Å². The summed E-state index contributed by atoms with van der Waals surface area (Å²) in [5.41, 5.74) is 0.272. The molecule has 9 heteroatoms. The number of nitrogens with one attached hydrogen (secondary N) is 2. The maximum Gasteiger partial charge on any atom is 0.421 e. The maximum atomic E-state index is 13.5. The number of ether oxygens (including phenoxy) is 1. The number of carbonyl (C=O) groups excluding carboxylic acids is 1. The highest BCUT2D eigenvalue weighted by Gasteiger charge is 2.35. The molecule has 0 saturated carbocycles. The average Bonchev–Trinajstić information content (AvgIpc) is 2.73. The molecule has 3 rings (SSSR count). The van der Waals surface area contributed by atoms with Gasteiger partial charge in [0.25, 0.3) is 0 Å². The minimum atomic E-state index is -4.66. The number of hydrogen-bond donors (Lipinski definition) is 2. The van der Waals surface area contributed by atoms with Crippen LogP contribution in [0.4, 0.5) is 36.3 Å². The molecule has 162 valence electrons. The van der Waals surface area contributed by atoms with Gasteiger partial charge in [0.2, 0.25) is 5.95 Å². The molecule has 0 bridgehead atoms. The molecule has 0 fully saturated rings. The van der Waals surface area contributed by atoms with Gasteiger partial charge in [-0.15, -0.1) is 0 Å². The zero-order valence-electron chi connectivity index (χ0n) is 17.0. The number of halogens is 3. The Morgan fingerprint density at radius 2 is 1.77 bits per heavy atom. The Kier molecular flexibility index (Phi) is 6.74. The normalized spacial score (nSPS) is 11.1. The molecule has 2 aromatic carbocycles. The van der Waals surface area contributed by atoms with Gasteiger partial charge < -0.3 is 15.4 Å². The second kappa shape index (κ2) is 9.46. The number of ketones is 1. The van der Waals surface area contributed by atoms with Crippen LogP contribution in [0.5, 0.6) is 5.75 Å². The lowest BCUT2D eigenvalue weighted by atomic mass is 10.1. The van der Waals surface area contributed by atoms with E-state index in [-0.39, 0.29) is 11.7 Å². The zero-order chi connectivity index (χ0) is 22.4. The van der Waals surface area contributed by atoms with Gasteiger partial charge in [-0.2, -0.15) is 18.2 Å². The lowest BCUT2D eigenvalue weighted by Gasteiger charge is -2.15. The number of rotatable bonds is 8. The van der Waals surface area contributed by atoms with Crippen LogP contribution in [-0.4, -0.2) is 22.9 Å². The summed E-state index contributed by atoms with van der Waals surface area (Å²) in [6.45, 7) is 1.88. The van der Waals surface area contributed by atoms with Crippen molar-refractivity contribution in [3.8, 4) is 5.75 Å². The number of methoxy groups -OCH3 is 1. The first-order valence-corrected chi connectivity index (χ1v) is 9.55. The van der Waals surface area contributed by atoms with E-state index >= 15 is 0 Å². The highest BCUT2D eigenvalue weighted by molar-refractivity contribution is 5.97. The van der Waals surface area contributed by atoms with Gasteiger partial charge in [0.15, 0.2) is 5.78 Å². The topological polar surface area (TPSA) is 76.1 Å². The minimum absolute atomic E-state index is 0.0260. The van der Waals surface area contributed by atoms with Crippen LogP contribution < -0.4 is 15.4 Å². The molecule has 6 nitrogen and oxygen atoms in total. The molecule has 0 saturated heterocycles. The summed E-state index contributed by atoms with van der Waals surface area (Å²) in [6, 6.07) is 13.1. The smallest absolute Gasteiger partial charge is 0.421 e. The molecule has 0 amide bonds. The molecule has 3 aromatic rings. The Bertz CT molecular complexity index is 1070. The predicted octanol–water partition coefficient (Wildman–Crippen LogP) is 5.97. The molecule has 31 heavy (non-hydrogen) atoms. The summed E-state index contributed by atoms with van der Waals surface area (Å²) in [5, 5.41) is 5.54.